The zero-order valence-corrected chi connectivity index (χ0v) is 17.6. The Hall–Kier alpha value is -2.44. The van der Waals surface area contributed by atoms with Crippen molar-refractivity contribution in [3.05, 3.63) is 18.2 Å². The van der Waals surface area contributed by atoms with Crippen molar-refractivity contribution in [3.63, 3.8) is 0 Å². The fourth-order valence-electron chi connectivity index (χ4n) is 3.22. The van der Waals surface area contributed by atoms with Crippen molar-refractivity contribution in [2.45, 2.75) is 39.0 Å². The van der Waals surface area contributed by atoms with Gasteiger partial charge in [-0.25, -0.2) is 4.99 Å². The second-order valence-electron chi connectivity index (χ2n) is 7.26. The molecule has 0 aliphatic heterocycles. The Labute approximate surface area is 168 Å². The molecule has 0 aromatic heterocycles. The number of guanidine groups is 1. The van der Waals surface area contributed by atoms with E-state index in [1.165, 1.54) is 32.1 Å². The number of ether oxygens (including phenoxy) is 2. The highest BCUT2D eigenvalue weighted by atomic mass is 16.5. The van der Waals surface area contributed by atoms with Crippen LogP contribution in [-0.4, -0.2) is 57.7 Å². The number of benzene rings is 1. The highest BCUT2D eigenvalue weighted by molar-refractivity contribution is 5.95. The highest BCUT2D eigenvalue weighted by Gasteiger charge is 2.15. The highest BCUT2D eigenvalue weighted by Crippen LogP contribution is 2.30. The molecule has 156 valence electrons. The number of anilines is 1. The van der Waals surface area contributed by atoms with Crippen LogP contribution >= 0.6 is 0 Å². The average Bonchev–Trinajstić information content (AvgIpc) is 2.71. The summed E-state index contributed by atoms with van der Waals surface area (Å²) in [5.41, 5.74) is 0.826. The van der Waals surface area contributed by atoms with E-state index in [1.54, 1.807) is 26.1 Å². The summed E-state index contributed by atoms with van der Waals surface area (Å²) in [4.78, 5) is 18.0. The average molecular weight is 391 g/mol. The molecule has 0 radical (unpaired) electrons. The number of aliphatic imine (C=N–C) groups is 1. The summed E-state index contributed by atoms with van der Waals surface area (Å²) < 4.78 is 11.0. The van der Waals surface area contributed by atoms with Gasteiger partial charge in [0.25, 0.3) is 0 Å². The molecule has 1 aliphatic carbocycles. The predicted octanol–water partition coefficient (Wildman–Crippen LogP) is 3.12. The van der Waals surface area contributed by atoms with E-state index in [0.29, 0.717) is 30.0 Å². The summed E-state index contributed by atoms with van der Waals surface area (Å²) in [6.07, 6.45) is 6.41. The van der Waals surface area contributed by atoms with E-state index in [-0.39, 0.29) is 12.5 Å². The van der Waals surface area contributed by atoms with E-state index >= 15 is 0 Å². The molecule has 1 aliphatic rings. The van der Waals surface area contributed by atoms with Gasteiger partial charge in [0.1, 0.15) is 6.54 Å². The fourth-order valence-corrected chi connectivity index (χ4v) is 3.22. The Morgan fingerprint density at radius 1 is 1.21 bits per heavy atom. The second kappa shape index (κ2) is 11.4. The van der Waals surface area contributed by atoms with Crippen molar-refractivity contribution in [1.29, 1.82) is 0 Å². The van der Waals surface area contributed by atoms with Crippen molar-refractivity contribution in [1.82, 2.24) is 10.2 Å². The molecule has 2 rings (SSSR count). The van der Waals surface area contributed by atoms with Crippen LogP contribution in [0, 0.1) is 5.92 Å². The number of methoxy groups -OCH3 is 1. The van der Waals surface area contributed by atoms with E-state index < -0.39 is 0 Å². The number of nitrogens with zero attached hydrogens (tertiary/aromatic N) is 2. The van der Waals surface area contributed by atoms with Gasteiger partial charge in [0.05, 0.1) is 13.7 Å². The maximum Gasteiger partial charge on any atom is 0.243 e. The van der Waals surface area contributed by atoms with Gasteiger partial charge in [0.15, 0.2) is 17.5 Å². The molecular weight excluding hydrogens is 356 g/mol. The summed E-state index contributed by atoms with van der Waals surface area (Å²) in [5, 5.41) is 6.70. The molecule has 0 heterocycles. The quantitative estimate of drug-likeness (QED) is 0.527. The molecule has 1 saturated carbocycles. The molecular formula is C21H34N4O3. The van der Waals surface area contributed by atoms with Crippen molar-refractivity contribution in [3.8, 4) is 11.5 Å². The number of likely N-dealkylation sites (N-methyl/N-ethyl adjacent to an activating group) is 1. The van der Waals surface area contributed by atoms with Crippen molar-refractivity contribution >= 4 is 17.6 Å². The first-order valence-corrected chi connectivity index (χ1v) is 10.1. The zero-order valence-electron chi connectivity index (χ0n) is 17.6. The van der Waals surface area contributed by atoms with Crippen LogP contribution < -0.4 is 20.1 Å². The lowest BCUT2D eigenvalue weighted by molar-refractivity contribution is -0.127. The van der Waals surface area contributed by atoms with E-state index in [2.05, 4.69) is 15.6 Å². The number of hydrogen-bond donors (Lipinski definition) is 2. The first kappa shape index (κ1) is 21.9. The van der Waals surface area contributed by atoms with Crippen LogP contribution in [0.2, 0.25) is 0 Å². The second-order valence-corrected chi connectivity index (χ2v) is 7.26. The normalized spacial score (nSPS) is 15.1. The summed E-state index contributed by atoms with van der Waals surface area (Å²) in [6.45, 7) is 3.47. The van der Waals surface area contributed by atoms with E-state index in [9.17, 15) is 4.79 Å². The Bertz CT molecular complexity index is 655. The monoisotopic (exact) mass is 390 g/mol. The van der Waals surface area contributed by atoms with Gasteiger partial charge in [-0.3, -0.25) is 4.79 Å². The molecule has 0 saturated heterocycles. The number of amides is 1. The van der Waals surface area contributed by atoms with Crippen LogP contribution in [0.1, 0.15) is 39.0 Å². The van der Waals surface area contributed by atoms with Crippen LogP contribution in [0.15, 0.2) is 23.2 Å². The van der Waals surface area contributed by atoms with Crippen LogP contribution in [0.3, 0.4) is 0 Å². The van der Waals surface area contributed by atoms with Gasteiger partial charge in [-0.2, -0.15) is 0 Å². The van der Waals surface area contributed by atoms with Gasteiger partial charge in [-0.05, 0) is 37.8 Å². The third-order valence-electron chi connectivity index (χ3n) is 4.88. The first-order valence-electron chi connectivity index (χ1n) is 10.1. The summed E-state index contributed by atoms with van der Waals surface area (Å²) in [6, 6.07) is 5.66. The topological polar surface area (TPSA) is 75.2 Å². The summed E-state index contributed by atoms with van der Waals surface area (Å²) in [7, 11) is 5.09. The smallest absolute Gasteiger partial charge is 0.243 e. The number of hydrogen-bond acceptors (Lipinski definition) is 4. The largest absolute Gasteiger partial charge is 0.493 e. The Balaban J connectivity index is 2.08. The van der Waals surface area contributed by atoms with Gasteiger partial charge >= 0.3 is 0 Å². The van der Waals surface area contributed by atoms with Crippen LogP contribution in [0.5, 0.6) is 11.5 Å². The molecule has 28 heavy (non-hydrogen) atoms. The zero-order chi connectivity index (χ0) is 20.4. The molecule has 1 aromatic rings. The maximum absolute atomic E-state index is 11.9. The molecule has 1 fully saturated rings. The SMILES string of the molecule is CCOc1ccc(NC(=NCC(=O)N(C)C)NCC2CCCCC2)cc1OC. The number of carbonyl (C=O) groups excluding carboxylic acids is 1. The molecule has 0 spiro atoms. The van der Waals surface area contributed by atoms with Crippen molar-refractivity contribution in [2.75, 3.05) is 46.2 Å². The Morgan fingerprint density at radius 2 is 1.96 bits per heavy atom. The van der Waals surface area contributed by atoms with Gasteiger partial charge in [-0.1, -0.05) is 19.3 Å². The van der Waals surface area contributed by atoms with E-state index in [1.807, 2.05) is 25.1 Å². The minimum absolute atomic E-state index is 0.0389. The Kier molecular flexibility index (Phi) is 8.91. The minimum atomic E-state index is -0.0389. The molecule has 1 amide bonds. The van der Waals surface area contributed by atoms with Crippen molar-refractivity contribution in [2.24, 2.45) is 10.9 Å². The standard InChI is InChI=1S/C21H34N4O3/c1-5-28-18-12-11-17(13-19(18)27-4)24-21(23-15-20(26)25(2)3)22-14-16-9-7-6-8-10-16/h11-13,16H,5-10,14-15H2,1-4H3,(H2,22,23,24). The third kappa shape index (κ3) is 6.94. The first-order chi connectivity index (χ1) is 13.5. The summed E-state index contributed by atoms with van der Waals surface area (Å²) >= 11 is 0. The molecule has 0 bridgehead atoms. The van der Waals surface area contributed by atoms with E-state index in [0.717, 1.165) is 12.2 Å². The predicted molar refractivity (Wildman–Crippen MR) is 113 cm³/mol. The maximum atomic E-state index is 11.9. The van der Waals surface area contributed by atoms with Gasteiger partial charge in [0.2, 0.25) is 5.91 Å². The lowest BCUT2D eigenvalue weighted by atomic mass is 9.89. The minimum Gasteiger partial charge on any atom is -0.493 e. The number of nitrogens with one attached hydrogen (secondary N) is 2. The molecule has 7 heteroatoms. The molecule has 7 nitrogen and oxygen atoms in total. The van der Waals surface area contributed by atoms with Crippen molar-refractivity contribution < 1.29 is 14.3 Å². The summed E-state index contributed by atoms with van der Waals surface area (Å²) in [5.74, 6) is 2.57. The van der Waals surface area contributed by atoms with Gasteiger partial charge in [-0.15, -0.1) is 0 Å². The van der Waals surface area contributed by atoms with Gasteiger partial charge in [0, 0.05) is 32.4 Å². The molecule has 1 aromatic carbocycles. The third-order valence-corrected chi connectivity index (χ3v) is 4.88. The number of rotatable bonds is 8. The van der Waals surface area contributed by atoms with Crippen LogP contribution in [0.4, 0.5) is 5.69 Å². The lowest BCUT2D eigenvalue weighted by Gasteiger charge is -2.23. The fraction of sp³-hybridized carbons (Fsp3) is 0.619. The Morgan fingerprint density at radius 3 is 2.61 bits per heavy atom. The molecule has 2 N–H and O–H groups in total. The van der Waals surface area contributed by atoms with Gasteiger partial charge < -0.3 is 25.0 Å². The number of carbonyl (C=O) groups is 1. The lowest BCUT2D eigenvalue weighted by Crippen LogP contribution is -2.36. The van der Waals surface area contributed by atoms with Crippen LogP contribution in [-0.2, 0) is 4.79 Å². The molecule has 0 unspecified atom stereocenters. The van der Waals surface area contributed by atoms with Crippen LogP contribution in [0.25, 0.3) is 0 Å². The van der Waals surface area contributed by atoms with E-state index in [4.69, 9.17) is 9.47 Å². The molecule has 0 atom stereocenters.